The predicted molar refractivity (Wildman–Crippen MR) is 53.7 cm³/mol. The van der Waals surface area contributed by atoms with Crippen LogP contribution in [-0.4, -0.2) is 6.04 Å². The molecule has 0 amide bonds. The molecule has 0 heterocycles. The first kappa shape index (κ1) is 9.76. The van der Waals surface area contributed by atoms with E-state index in [0.29, 0.717) is 0 Å². The topological polar surface area (TPSA) is 49.8 Å². The van der Waals surface area contributed by atoms with Crippen molar-refractivity contribution >= 4 is 0 Å². The summed E-state index contributed by atoms with van der Waals surface area (Å²) in [5.74, 6) is 0. The average Bonchev–Trinajstić information content (AvgIpc) is 2.25. The summed E-state index contributed by atoms with van der Waals surface area (Å²) >= 11 is 0. The van der Waals surface area contributed by atoms with Gasteiger partial charge in [-0.15, -0.1) is 0 Å². The molecule has 68 valence electrons. The SMILES string of the molecule is CC1(C)C=CC=CC(C(N)C#N)=C1. The van der Waals surface area contributed by atoms with E-state index in [-0.39, 0.29) is 5.41 Å². The molecule has 0 aromatic carbocycles. The molecule has 2 nitrogen and oxygen atoms in total. The Morgan fingerprint density at radius 2 is 2.15 bits per heavy atom. The zero-order valence-corrected chi connectivity index (χ0v) is 7.99. The van der Waals surface area contributed by atoms with Crippen molar-refractivity contribution in [2.75, 3.05) is 0 Å². The first-order valence-electron chi connectivity index (χ1n) is 4.29. The van der Waals surface area contributed by atoms with Gasteiger partial charge in [0, 0.05) is 5.41 Å². The third kappa shape index (κ3) is 2.57. The first-order chi connectivity index (χ1) is 6.05. The van der Waals surface area contributed by atoms with E-state index in [1.807, 2.05) is 30.4 Å². The molecule has 0 aliphatic heterocycles. The van der Waals surface area contributed by atoms with E-state index in [1.165, 1.54) is 0 Å². The molecule has 0 aromatic rings. The van der Waals surface area contributed by atoms with Gasteiger partial charge in [0.15, 0.2) is 0 Å². The Balaban J connectivity index is 2.99. The lowest BCUT2D eigenvalue weighted by Gasteiger charge is -2.15. The lowest BCUT2D eigenvalue weighted by Crippen LogP contribution is -2.20. The van der Waals surface area contributed by atoms with Crippen molar-refractivity contribution in [3.63, 3.8) is 0 Å². The molecule has 2 heteroatoms. The number of nitrogens with two attached hydrogens (primary N) is 1. The van der Waals surface area contributed by atoms with Gasteiger partial charge in [-0.1, -0.05) is 44.2 Å². The van der Waals surface area contributed by atoms with Crippen molar-refractivity contribution < 1.29 is 0 Å². The smallest absolute Gasteiger partial charge is 0.118 e. The van der Waals surface area contributed by atoms with Crippen molar-refractivity contribution in [1.82, 2.24) is 0 Å². The highest BCUT2D eigenvalue weighted by atomic mass is 14.6. The van der Waals surface area contributed by atoms with Gasteiger partial charge in [0.25, 0.3) is 0 Å². The van der Waals surface area contributed by atoms with Gasteiger partial charge in [0.2, 0.25) is 0 Å². The normalized spacial score (nSPS) is 21.5. The van der Waals surface area contributed by atoms with Crippen molar-refractivity contribution in [3.8, 4) is 6.07 Å². The lowest BCUT2D eigenvalue weighted by atomic mass is 9.90. The van der Waals surface area contributed by atoms with Gasteiger partial charge >= 0.3 is 0 Å². The minimum atomic E-state index is -0.518. The van der Waals surface area contributed by atoms with E-state index in [2.05, 4.69) is 19.9 Å². The summed E-state index contributed by atoms with van der Waals surface area (Å²) in [4.78, 5) is 0. The molecule has 0 bridgehead atoms. The molecular weight excluding hydrogens is 160 g/mol. The van der Waals surface area contributed by atoms with Gasteiger partial charge in [-0.25, -0.2) is 0 Å². The number of nitrogens with zero attached hydrogens (tertiary/aromatic N) is 1. The molecule has 1 aliphatic rings. The van der Waals surface area contributed by atoms with E-state index in [0.717, 1.165) is 5.57 Å². The van der Waals surface area contributed by atoms with Crippen LogP contribution in [0.4, 0.5) is 0 Å². The molecule has 1 unspecified atom stereocenters. The highest BCUT2D eigenvalue weighted by Crippen LogP contribution is 2.24. The van der Waals surface area contributed by atoms with Crippen LogP contribution >= 0.6 is 0 Å². The molecule has 0 saturated carbocycles. The second-order valence-corrected chi connectivity index (χ2v) is 3.79. The van der Waals surface area contributed by atoms with Crippen LogP contribution < -0.4 is 5.73 Å². The standard InChI is InChI=1S/C11H14N2/c1-11(2)6-4-3-5-9(7-11)10(13)8-12/h3-7,10H,13H2,1-2H3. The zero-order chi connectivity index (χ0) is 9.90. The van der Waals surface area contributed by atoms with Crippen LogP contribution in [0.5, 0.6) is 0 Å². The highest BCUT2D eigenvalue weighted by Gasteiger charge is 2.15. The minimum absolute atomic E-state index is 0.0205. The molecule has 0 spiro atoms. The summed E-state index contributed by atoms with van der Waals surface area (Å²) in [6.07, 6.45) is 9.89. The largest absolute Gasteiger partial charge is 0.312 e. The fraction of sp³-hybridized carbons (Fsp3) is 0.364. The molecule has 0 fully saturated rings. The summed E-state index contributed by atoms with van der Waals surface area (Å²) in [7, 11) is 0. The van der Waals surface area contributed by atoms with Crippen LogP contribution in [0.2, 0.25) is 0 Å². The van der Waals surface area contributed by atoms with E-state index in [4.69, 9.17) is 11.0 Å². The lowest BCUT2D eigenvalue weighted by molar-refractivity contribution is 0.620. The maximum Gasteiger partial charge on any atom is 0.118 e. The summed E-state index contributed by atoms with van der Waals surface area (Å²) in [5.41, 5.74) is 6.50. The fourth-order valence-electron chi connectivity index (χ4n) is 1.26. The third-order valence-electron chi connectivity index (χ3n) is 1.96. The van der Waals surface area contributed by atoms with Crippen molar-refractivity contribution in [2.24, 2.45) is 11.1 Å². The predicted octanol–water partition coefficient (Wildman–Crippen LogP) is 1.92. The first-order valence-corrected chi connectivity index (χ1v) is 4.29. The Hall–Kier alpha value is -1.33. The third-order valence-corrected chi connectivity index (χ3v) is 1.96. The van der Waals surface area contributed by atoms with Crippen molar-refractivity contribution in [2.45, 2.75) is 19.9 Å². The number of nitriles is 1. The van der Waals surface area contributed by atoms with E-state index in [1.54, 1.807) is 0 Å². The van der Waals surface area contributed by atoms with Gasteiger partial charge in [-0.3, -0.25) is 0 Å². The molecule has 2 N–H and O–H groups in total. The maximum atomic E-state index is 8.68. The fourth-order valence-corrected chi connectivity index (χ4v) is 1.26. The number of hydrogen-bond donors (Lipinski definition) is 1. The second kappa shape index (κ2) is 3.59. The second-order valence-electron chi connectivity index (χ2n) is 3.79. The van der Waals surface area contributed by atoms with Crippen LogP contribution in [0.15, 0.2) is 36.0 Å². The average molecular weight is 174 g/mol. The Labute approximate surface area is 79.0 Å². The zero-order valence-electron chi connectivity index (χ0n) is 7.99. The van der Waals surface area contributed by atoms with Crippen LogP contribution in [-0.2, 0) is 0 Å². The monoisotopic (exact) mass is 174 g/mol. The van der Waals surface area contributed by atoms with E-state index >= 15 is 0 Å². The molecule has 1 rings (SSSR count). The molecular formula is C11H14N2. The van der Waals surface area contributed by atoms with Crippen LogP contribution in [0.3, 0.4) is 0 Å². The highest BCUT2D eigenvalue weighted by molar-refractivity contribution is 5.36. The Bertz CT molecular complexity index is 313. The number of hydrogen-bond acceptors (Lipinski definition) is 2. The van der Waals surface area contributed by atoms with Gasteiger partial charge in [-0.05, 0) is 5.57 Å². The number of rotatable bonds is 1. The minimum Gasteiger partial charge on any atom is -0.312 e. The van der Waals surface area contributed by atoms with Crippen molar-refractivity contribution in [3.05, 3.63) is 36.0 Å². The molecule has 1 atom stereocenters. The van der Waals surface area contributed by atoms with E-state index < -0.39 is 6.04 Å². The van der Waals surface area contributed by atoms with Crippen LogP contribution in [0, 0.1) is 16.7 Å². The summed E-state index contributed by atoms with van der Waals surface area (Å²) in [6, 6.07) is 1.51. The van der Waals surface area contributed by atoms with Gasteiger partial charge in [0.1, 0.15) is 6.04 Å². The van der Waals surface area contributed by atoms with Gasteiger partial charge in [0.05, 0.1) is 6.07 Å². The summed E-state index contributed by atoms with van der Waals surface area (Å²) in [5, 5.41) is 8.68. The van der Waals surface area contributed by atoms with E-state index in [9.17, 15) is 0 Å². The molecule has 1 aliphatic carbocycles. The molecule has 0 saturated heterocycles. The quantitative estimate of drug-likeness (QED) is 0.660. The summed E-state index contributed by atoms with van der Waals surface area (Å²) < 4.78 is 0. The van der Waals surface area contributed by atoms with Gasteiger partial charge in [-0.2, -0.15) is 5.26 Å². The summed E-state index contributed by atoms with van der Waals surface area (Å²) in [6.45, 7) is 4.17. The van der Waals surface area contributed by atoms with Crippen LogP contribution in [0.1, 0.15) is 13.8 Å². The molecule has 13 heavy (non-hydrogen) atoms. The number of allylic oxidation sites excluding steroid dienone is 4. The molecule has 0 radical (unpaired) electrons. The van der Waals surface area contributed by atoms with Crippen molar-refractivity contribution in [1.29, 1.82) is 5.26 Å². The Kier molecular flexibility index (Phi) is 2.69. The Morgan fingerprint density at radius 3 is 2.77 bits per heavy atom. The molecule has 0 aromatic heterocycles. The Morgan fingerprint density at radius 1 is 1.46 bits per heavy atom. The van der Waals surface area contributed by atoms with Crippen LogP contribution in [0.25, 0.3) is 0 Å². The van der Waals surface area contributed by atoms with Gasteiger partial charge < -0.3 is 5.73 Å². The maximum absolute atomic E-state index is 8.68.